The van der Waals surface area contributed by atoms with Gasteiger partial charge in [0.05, 0.1) is 0 Å². The Morgan fingerprint density at radius 1 is 1.24 bits per heavy atom. The number of rotatable bonds is 2. The standard InChI is InChI=1S/C16H18N/c1-4-14-13-8-12(16(9-13)15(14)5-1)7-11-3-2-6-17-10-11/h1-3,5-7,10,12-16H,4,8-9H2. The van der Waals surface area contributed by atoms with Gasteiger partial charge in [0.1, 0.15) is 0 Å². The SMILES string of the molecule is [CH](c1cccnc1)C1CC2CC1C1C=CCC21. The topological polar surface area (TPSA) is 12.9 Å². The maximum Gasteiger partial charge on any atom is 0.0303 e. The Morgan fingerprint density at radius 2 is 2.24 bits per heavy atom. The zero-order chi connectivity index (χ0) is 11.2. The van der Waals surface area contributed by atoms with Gasteiger partial charge in [-0.2, -0.15) is 0 Å². The first-order valence-electron chi connectivity index (χ1n) is 6.83. The fourth-order valence-corrected chi connectivity index (χ4v) is 4.51. The Morgan fingerprint density at radius 3 is 3.12 bits per heavy atom. The van der Waals surface area contributed by atoms with Crippen molar-refractivity contribution in [3.05, 3.63) is 48.7 Å². The average molecular weight is 224 g/mol. The van der Waals surface area contributed by atoms with E-state index in [-0.39, 0.29) is 0 Å². The van der Waals surface area contributed by atoms with Crippen molar-refractivity contribution in [3.8, 4) is 0 Å². The van der Waals surface area contributed by atoms with Gasteiger partial charge < -0.3 is 0 Å². The number of fused-ring (bicyclic) bond motifs is 5. The molecule has 2 saturated carbocycles. The molecule has 5 unspecified atom stereocenters. The summed E-state index contributed by atoms with van der Waals surface area (Å²) in [5.41, 5.74) is 1.31. The molecule has 1 radical (unpaired) electrons. The van der Waals surface area contributed by atoms with Crippen molar-refractivity contribution in [3.63, 3.8) is 0 Å². The number of allylic oxidation sites excluding steroid dienone is 2. The predicted octanol–water partition coefficient (Wildman–Crippen LogP) is 3.48. The minimum atomic E-state index is 0.799. The quantitative estimate of drug-likeness (QED) is 0.701. The summed E-state index contributed by atoms with van der Waals surface area (Å²) in [6, 6.07) is 4.22. The third kappa shape index (κ3) is 1.48. The molecular formula is C16H18N. The first-order valence-corrected chi connectivity index (χ1v) is 6.83. The summed E-state index contributed by atoms with van der Waals surface area (Å²) in [5.74, 6) is 4.61. The van der Waals surface area contributed by atoms with Crippen molar-refractivity contribution in [1.29, 1.82) is 0 Å². The second-order valence-electron chi connectivity index (χ2n) is 5.92. The van der Waals surface area contributed by atoms with Gasteiger partial charge in [0.25, 0.3) is 0 Å². The van der Waals surface area contributed by atoms with E-state index in [4.69, 9.17) is 0 Å². The van der Waals surface area contributed by atoms with Crippen LogP contribution in [0.3, 0.4) is 0 Å². The molecule has 4 rings (SSSR count). The number of hydrogen-bond acceptors (Lipinski definition) is 1. The summed E-state index contributed by atoms with van der Waals surface area (Å²) >= 11 is 0. The predicted molar refractivity (Wildman–Crippen MR) is 68.1 cm³/mol. The maximum absolute atomic E-state index is 4.21. The Labute approximate surface area is 103 Å². The molecular weight excluding hydrogens is 206 g/mol. The minimum Gasteiger partial charge on any atom is -0.264 e. The van der Waals surface area contributed by atoms with Crippen molar-refractivity contribution >= 4 is 0 Å². The van der Waals surface area contributed by atoms with Gasteiger partial charge in [-0.1, -0.05) is 18.2 Å². The molecule has 17 heavy (non-hydrogen) atoms. The lowest BCUT2D eigenvalue weighted by molar-refractivity contribution is 0.234. The van der Waals surface area contributed by atoms with Crippen molar-refractivity contribution < 1.29 is 0 Å². The van der Waals surface area contributed by atoms with Crippen LogP contribution in [0.4, 0.5) is 0 Å². The maximum atomic E-state index is 4.21. The summed E-state index contributed by atoms with van der Waals surface area (Å²) in [6.07, 6.45) is 15.5. The monoisotopic (exact) mass is 224 g/mol. The zero-order valence-corrected chi connectivity index (χ0v) is 10.00. The Kier molecular flexibility index (Phi) is 2.14. The highest BCUT2D eigenvalue weighted by atomic mass is 14.6. The lowest BCUT2D eigenvalue weighted by Gasteiger charge is -2.31. The van der Waals surface area contributed by atoms with E-state index in [9.17, 15) is 0 Å². The van der Waals surface area contributed by atoms with Crippen molar-refractivity contribution in [2.75, 3.05) is 0 Å². The Balaban J connectivity index is 1.53. The number of hydrogen-bond donors (Lipinski definition) is 0. The third-order valence-electron chi connectivity index (χ3n) is 5.15. The molecule has 1 heteroatoms. The lowest BCUT2D eigenvalue weighted by Crippen LogP contribution is -2.24. The fourth-order valence-electron chi connectivity index (χ4n) is 4.51. The van der Waals surface area contributed by atoms with E-state index in [1.54, 1.807) is 0 Å². The second-order valence-corrected chi connectivity index (χ2v) is 5.92. The van der Waals surface area contributed by atoms with Gasteiger partial charge in [-0.15, -0.1) is 0 Å². The van der Waals surface area contributed by atoms with Crippen LogP contribution in [0.25, 0.3) is 0 Å². The molecule has 0 aromatic carbocycles. The van der Waals surface area contributed by atoms with Gasteiger partial charge in [-0.05, 0) is 66.9 Å². The largest absolute Gasteiger partial charge is 0.264 e. The zero-order valence-electron chi connectivity index (χ0n) is 10.00. The highest BCUT2D eigenvalue weighted by molar-refractivity contribution is 5.24. The van der Waals surface area contributed by atoms with Crippen LogP contribution < -0.4 is 0 Å². The molecule has 87 valence electrons. The summed E-state index contributed by atoms with van der Waals surface area (Å²) in [5, 5.41) is 0. The van der Waals surface area contributed by atoms with Gasteiger partial charge in [0.2, 0.25) is 0 Å². The van der Waals surface area contributed by atoms with Crippen LogP contribution in [0.1, 0.15) is 24.8 Å². The summed E-state index contributed by atoms with van der Waals surface area (Å²) < 4.78 is 0. The van der Waals surface area contributed by atoms with Crippen molar-refractivity contribution in [2.24, 2.45) is 29.6 Å². The van der Waals surface area contributed by atoms with Crippen molar-refractivity contribution in [1.82, 2.24) is 4.98 Å². The normalized spacial score (nSPS) is 42.0. The van der Waals surface area contributed by atoms with Gasteiger partial charge in [0.15, 0.2) is 0 Å². The van der Waals surface area contributed by atoms with E-state index in [1.807, 2.05) is 18.5 Å². The number of nitrogens with zero attached hydrogens (tertiary/aromatic N) is 1. The Hall–Kier alpha value is -1.11. The fraction of sp³-hybridized carbons (Fsp3) is 0.500. The highest BCUT2D eigenvalue weighted by Crippen LogP contribution is 2.59. The molecule has 1 heterocycles. The molecule has 0 amide bonds. The lowest BCUT2D eigenvalue weighted by atomic mass is 9.74. The Bertz CT molecular complexity index is 436. The van der Waals surface area contributed by atoms with E-state index in [2.05, 4.69) is 29.6 Å². The van der Waals surface area contributed by atoms with Crippen LogP contribution in [0, 0.1) is 36.0 Å². The van der Waals surface area contributed by atoms with E-state index < -0.39 is 0 Å². The highest BCUT2D eigenvalue weighted by Gasteiger charge is 2.51. The van der Waals surface area contributed by atoms with Gasteiger partial charge in [-0.25, -0.2) is 0 Å². The van der Waals surface area contributed by atoms with Gasteiger partial charge >= 0.3 is 0 Å². The molecule has 1 aromatic rings. The summed E-state index contributed by atoms with van der Waals surface area (Å²) in [4.78, 5) is 4.21. The van der Waals surface area contributed by atoms with Gasteiger partial charge in [-0.3, -0.25) is 4.98 Å². The first kappa shape index (κ1) is 9.87. The molecule has 0 saturated heterocycles. The molecule has 0 spiro atoms. The third-order valence-corrected chi connectivity index (χ3v) is 5.15. The van der Waals surface area contributed by atoms with E-state index in [0.29, 0.717) is 0 Å². The van der Waals surface area contributed by atoms with Crippen LogP contribution in [0.15, 0.2) is 36.7 Å². The van der Waals surface area contributed by atoms with Crippen LogP contribution in [0.2, 0.25) is 0 Å². The molecule has 3 aliphatic carbocycles. The molecule has 2 fully saturated rings. The van der Waals surface area contributed by atoms with Crippen LogP contribution in [-0.2, 0) is 0 Å². The average Bonchev–Trinajstić information content (AvgIpc) is 3.01. The molecule has 0 N–H and O–H groups in total. The molecule has 1 nitrogen and oxygen atoms in total. The molecule has 0 aliphatic heterocycles. The molecule has 3 aliphatic rings. The molecule has 1 aromatic heterocycles. The minimum absolute atomic E-state index is 0.799. The van der Waals surface area contributed by atoms with Crippen molar-refractivity contribution in [2.45, 2.75) is 19.3 Å². The van der Waals surface area contributed by atoms with E-state index in [0.717, 1.165) is 29.6 Å². The molecule has 2 bridgehead atoms. The summed E-state index contributed by atoms with van der Waals surface area (Å²) in [6.45, 7) is 0. The smallest absolute Gasteiger partial charge is 0.0303 e. The van der Waals surface area contributed by atoms with E-state index in [1.165, 1.54) is 24.8 Å². The summed E-state index contributed by atoms with van der Waals surface area (Å²) in [7, 11) is 0. The van der Waals surface area contributed by atoms with Crippen LogP contribution >= 0.6 is 0 Å². The number of aromatic nitrogens is 1. The van der Waals surface area contributed by atoms with E-state index >= 15 is 0 Å². The first-order chi connectivity index (χ1) is 8.42. The molecule has 5 atom stereocenters. The van der Waals surface area contributed by atoms with Crippen LogP contribution in [-0.4, -0.2) is 4.98 Å². The number of pyridine rings is 1. The second kappa shape index (κ2) is 3.69. The van der Waals surface area contributed by atoms with Crippen LogP contribution in [0.5, 0.6) is 0 Å². The van der Waals surface area contributed by atoms with Gasteiger partial charge in [0, 0.05) is 12.4 Å².